The van der Waals surface area contributed by atoms with Gasteiger partial charge in [0.25, 0.3) is 0 Å². The smallest absolute Gasteiger partial charge is 0.160 e. The van der Waals surface area contributed by atoms with Crippen LogP contribution in [0.5, 0.6) is 0 Å². The number of benzene rings is 4. The Morgan fingerprint density at radius 3 is 1.88 bits per heavy atom. The number of Topliss-reactive ketones (excluding diaryl/α,β-unsaturated/α-hetero) is 2. The summed E-state index contributed by atoms with van der Waals surface area (Å²) in [4.78, 5) is 22.3. The summed E-state index contributed by atoms with van der Waals surface area (Å²) in [5, 5.41) is 4.45. The highest BCUT2D eigenvalue weighted by Crippen LogP contribution is 2.18. The van der Waals surface area contributed by atoms with Crippen LogP contribution >= 0.6 is 0 Å². The second kappa shape index (κ2) is 7.75. The van der Waals surface area contributed by atoms with E-state index in [0.717, 1.165) is 27.3 Å². The van der Waals surface area contributed by atoms with E-state index in [4.69, 9.17) is 0 Å². The highest BCUT2D eigenvalue weighted by Gasteiger charge is 2.03. The van der Waals surface area contributed by atoms with Crippen LogP contribution in [-0.2, 0) is 0 Å². The predicted octanol–water partition coefficient (Wildman–Crippen LogP) is 6.08. The number of fused-ring (bicyclic) bond motifs is 2. The van der Waals surface area contributed by atoms with Gasteiger partial charge in [-0.05, 0) is 41.5 Å². The molecule has 0 spiro atoms. The van der Waals surface area contributed by atoms with Crippen molar-refractivity contribution in [1.29, 1.82) is 0 Å². The van der Waals surface area contributed by atoms with Crippen molar-refractivity contribution in [2.75, 3.05) is 0 Å². The standard InChI is InChI=1S/2C12H10O/c1-9(13)11-8-4-6-10-5-2-3-7-12(10)11;1-9(13)11-7-6-10-4-2-3-5-12(10)8-11/h2*2-8H,1H3. The summed E-state index contributed by atoms with van der Waals surface area (Å²) in [5.74, 6) is 0.238. The fraction of sp³-hybridized carbons (Fsp3) is 0.0833. The van der Waals surface area contributed by atoms with E-state index in [-0.39, 0.29) is 11.6 Å². The molecule has 4 aromatic carbocycles. The van der Waals surface area contributed by atoms with Crippen LogP contribution in [0.25, 0.3) is 21.5 Å². The summed E-state index contributed by atoms with van der Waals surface area (Å²) in [6.45, 7) is 3.19. The van der Waals surface area contributed by atoms with Gasteiger partial charge in [-0.2, -0.15) is 0 Å². The first-order valence-electron chi connectivity index (χ1n) is 8.54. The molecule has 0 aliphatic heterocycles. The van der Waals surface area contributed by atoms with Crippen molar-refractivity contribution in [1.82, 2.24) is 0 Å². The Balaban J connectivity index is 0.000000151. The van der Waals surface area contributed by atoms with Gasteiger partial charge in [0.2, 0.25) is 0 Å². The summed E-state index contributed by atoms with van der Waals surface area (Å²) < 4.78 is 0. The molecule has 128 valence electrons. The molecule has 0 aliphatic carbocycles. The third kappa shape index (κ3) is 3.86. The van der Waals surface area contributed by atoms with Crippen LogP contribution in [0.2, 0.25) is 0 Å². The zero-order valence-corrected chi connectivity index (χ0v) is 14.9. The van der Waals surface area contributed by atoms with Crippen LogP contribution in [0.4, 0.5) is 0 Å². The third-order valence-corrected chi connectivity index (χ3v) is 4.32. The number of carbonyl (C=O) groups is 2. The maximum absolute atomic E-state index is 11.3. The molecule has 0 bridgehead atoms. The van der Waals surface area contributed by atoms with Gasteiger partial charge >= 0.3 is 0 Å². The zero-order chi connectivity index (χ0) is 18.5. The quantitative estimate of drug-likeness (QED) is 0.414. The van der Waals surface area contributed by atoms with Crippen LogP contribution in [0.1, 0.15) is 34.6 Å². The lowest BCUT2D eigenvalue weighted by atomic mass is 10.0. The molecule has 2 heteroatoms. The van der Waals surface area contributed by atoms with Crippen LogP contribution in [0.3, 0.4) is 0 Å². The average molecular weight is 340 g/mol. The molecular weight excluding hydrogens is 320 g/mol. The van der Waals surface area contributed by atoms with Crippen molar-refractivity contribution in [3.8, 4) is 0 Å². The summed E-state index contributed by atoms with van der Waals surface area (Å²) in [6.07, 6.45) is 0. The van der Waals surface area contributed by atoms with Gasteiger partial charge in [0, 0.05) is 11.1 Å². The van der Waals surface area contributed by atoms with Crippen molar-refractivity contribution >= 4 is 33.1 Å². The van der Waals surface area contributed by atoms with Gasteiger partial charge in [-0.25, -0.2) is 0 Å². The number of hydrogen-bond acceptors (Lipinski definition) is 2. The Morgan fingerprint density at radius 2 is 1.19 bits per heavy atom. The van der Waals surface area contributed by atoms with Crippen molar-refractivity contribution in [2.24, 2.45) is 0 Å². The molecule has 0 aromatic heterocycles. The van der Waals surface area contributed by atoms with Gasteiger partial charge in [-0.3, -0.25) is 9.59 Å². The van der Waals surface area contributed by atoms with Crippen molar-refractivity contribution < 1.29 is 9.59 Å². The van der Waals surface area contributed by atoms with Crippen molar-refractivity contribution in [3.05, 3.63) is 96.1 Å². The molecule has 0 N–H and O–H groups in total. The summed E-state index contributed by atoms with van der Waals surface area (Å²) in [6, 6.07) is 27.5. The largest absolute Gasteiger partial charge is 0.295 e. The Morgan fingerprint density at radius 1 is 0.577 bits per heavy atom. The Bertz CT molecular complexity index is 1080. The Kier molecular flexibility index (Phi) is 5.23. The molecule has 0 radical (unpaired) electrons. The number of hydrogen-bond donors (Lipinski definition) is 0. The molecule has 0 saturated carbocycles. The summed E-state index contributed by atoms with van der Waals surface area (Å²) in [5.41, 5.74) is 1.58. The maximum Gasteiger partial charge on any atom is 0.160 e. The molecule has 4 aromatic rings. The van der Waals surface area contributed by atoms with Crippen LogP contribution < -0.4 is 0 Å². The lowest BCUT2D eigenvalue weighted by Crippen LogP contribution is -1.92. The molecule has 4 rings (SSSR count). The lowest BCUT2D eigenvalue weighted by Gasteiger charge is -2.01. The van der Waals surface area contributed by atoms with Gasteiger partial charge < -0.3 is 0 Å². The molecule has 2 nitrogen and oxygen atoms in total. The van der Waals surface area contributed by atoms with E-state index in [1.165, 1.54) is 5.39 Å². The Labute approximate surface area is 153 Å². The molecule has 26 heavy (non-hydrogen) atoms. The topological polar surface area (TPSA) is 34.1 Å². The van der Waals surface area contributed by atoms with E-state index in [1.54, 1.807) is 13.8 Å². The van der Waals surface area contributed by atoms with Crippen LogP contribution in [-0.4, -0.2) is 11.6 Å². The van der Waals surface area contributed by atoms with Crippen molar-refractivity contribution in [2.45, 2.75) is 13.8 Å². The second-order valence-electron chi connectivity index (χ2n) is 6.20. The van der Waals surface area contributed by atoms with E-state index in [2.05, 4.69) is 0 Å². The molecular formula is C24H20O2. The van der Waals surface area contributed by atoms with Gasteiger partial charge in [0.05, 0.1) is 0 Å². The monoisotopic (exact) mass is 340 g/mol. The first kappa shape index (κ1) is 17.6. The molecule has 0 atom stereocenters. The predicted molar refractivity (Wildman–Crippen MR) is 108 cm³/mol. The average Bonchev–Trinajstić information content (AvgIpc) is 2.67. The minimum Gasteiger partial charge on any atom is -0.295 e. The number of carbonyl (C=O) groups excluding carboxylic acids is 2. The third-order valence-electron chi connectivity index (χ3n) is 4.32. The van der Waals surface area contributed by atoms with E-state index in [9.17, 15) is 9.59 Å². The fourth-order valence-electron chi connectivity index (χ4n) is 2.94. The fourth-order valence-corrected chi connectivity index (χ4v) is 2.94. The first-order valence-corrected chi connectivity index (χ1v) is 8.54. The van der Waals surface area contributed by atoms with Crippen LogP contribution in [0.15, 0.2) is 84.9 Å². The summed E-state index contributed by atoms with van der Waals surface area (Å²) in [7, 11) is 0. The van der Waals surface area contributed by atoms with Gasteiger partial charge in [-0.1, -0.05) is 78.9 Å². The van der Waals surface area contributed by atoms with Gasteiger partial charge in [0.15, 0.2) is 11.6 Å². The van der Waals surface area contributed by atoms with E-state index in [0.29, 0.717) is 0 Å². The highest BCUT2D eigenvalue weighted by atomic mass is 16.1. The van der Waals surface area contributed by atoms with Crippen LogP contribution in [0, 0.1) is 0 Å². The van der Waals surface area contributed by atoms with E-state index >= 15 is 0 Å². The molecule has 0 saturated heterocycles. The molecule has 0 amide bonds. The molecule has 0 fully saturated rings. The minimum atomic E-state index is 0.116. The molecule has 0 aliphatic rings. The molecule has 0 unspecified atom stereocenters. The zero-order valence-electron chi connectivity index (χ0n) is 14.9. The summed E-state index contributed by atoms with van der Waals surface area (Å²) >= 11 is 0. The van der Waals surface area contributed by atoms with E-state index < -0.39 is 0 Å². The normalized spacial score (nSPS) is 10.2. The van der Waals surface area contributed by atoms with Gasteiger partial charge in [-0.15, -0.1) is 0 Å². The number of rotatable bonds is 2. The first-order chi connectivity index (χ1) is 12.6. The molecule has 0 heterocycles. The lowest BCUT2D eigenvalue weighted by molar-refractivity contribution is 0.101. The van der Waals surface area contributed by atoms with E-state index in [1.807, 2.05) is 84.9 Å². The number of ketones is 2. The van der Waals surface area contributed by atoms with Gasteiger partial charge in [0.1, 0.15) is 0 Å². The minimum absolute atomic E-state index is 0.116. The van der Waals surface area contributed by atoms with Crippen molar-refractivity contribution in [3.63, 3.8) is 0 Å². The highest BCUT2D eigenvalue weighted by molar-refractivity contribution is 6.06. The SMILES string of the molecule is CC(=O)c1ccc2ccccc2c1.CC(=O)c1cccc2ccccc12. The Hall–Kier alpha value is -3.26. The maximum atomic E-state index is 11.3. The second-order valence-corrected chi connectivity index (χ2v) is 6.20.